The lowest BCUT2D eigenvalue weighted by atomic mass is 10.0. The SMILES string of the molecule is Cc1ccc(-c2c(/C=C(\C#N)C(=O)NCCO)n(CCCO)c3ncnc(N)c23)cc1. The van der Waals surface area contributed by atoms with Gasteiger partial charge in [0.05, 0.1) is 17.7 Å². The van der Waals surface area contributed by atoms with Gasteiger partial charge < -0.3 is 25.8 Å². The summed E-state index contributed by atoms with van der Waals surface area (Å²) < 4.78 is 1.83. The van der Waals surface area contributed by atoms with Crippen LogP contribution in [0.2, 0.25) is 0 Å². The first-order valence-electron chi connectivity index (χ1n) is 9.83. The molecule has 0 radical (unpaired) electrons. The zero-order valence-electron chi connectivity index (χ0n) is 17.2. The summed E-state index contributed by atoms with van der Waals surface area (Å²) in [5, 5.41) is 31.1. The van der Waals surface area contributed by atoms with Crippen LogP contribution in [0.4, 0.5) is 5.82 Å². The van der Waals surface area contributed by atoms with Crippen LogP contribution in [-0.4, -0.2) is 50.4 Å². The Morgan fingerprint density at radius 3 is 2.65 bits per heavy atom. The molecule has 1 amide bonds. The van der Waals surface area contributed by atoms with Crippen LogP contribution in [0.5, 0.6) is 0 Å². The van der Waals surface area contributed by atoms with Gasteiger partial charge in [0, 0.05) is 25.3 Å². The number of hydrogen-bond donors (Lipinski definition) is 4. The van der Waals surface area contributed by atoms with Gasteiger partial charge in [-0.15, -0.1) is 0 Å². The van der Waals surface area contributed by atoms with Crippen molar-refractivity contribution in [1.82, 2.24) is 19.9 Å². The Hall–Kier alpha value is -3.74. The summed E-state index contributed by atoms with van der Waals surface area (Å²) in [5.74, 6) is -0.314. The maximum atomic E-state index is 12.4. The number of nitrogens with two attached hydrogens (primary N) is 1. The number of amides is 1. The summed E-state index contributed by atoms with van der Waals surface area (Å²) in [6.45, 7) is 2.14. The second kappa shape index (κ2) is 9.84. The van der Waals surface area contributed by atoms with Crippen LogP contribution in [0, 0.1) is 18.3 Å². The minimum Gasteiger partial charge on any atom is -0.396 e. The summed E-state index contributed by atoms with van der Waals surface area (Å²) in [4.78, 5) is 20.9. The molecule has 1 aromatic carbocycles. The number of aryl methyl sites for hydroxylation is 2. The average Bonchev–Trinajstić information content (AvgIpc) is 3.09. The van der Waals surface area contributed by atoms with Crippen LogP contribution in [0.25, 0.3) is 28.2 Å². The molecule has 2 heterocycles. The minimum absolute atomic E-state index is 0.0363. The molecule has 0 aliphatic carbocycles. The molecule has 5 N–H and O–H groups in total. The lowest BCUT2D eigenvalue weighted by Gasteiger charge is -2.10. The third kappa shape index (κ3) is 4.55. The van der Waals surface area contributed by atoms with Crippen molar-refractivity contribution < 1.29 is 15.0 Å². The fourth-order valence-corrected chi connectivity index (χ4v) is 3.38. The van der Waals surface area contributed by atoms with Crippen molar-refractivity contribution in [3.63, 3.8) is 0 Å². The van der Waals surface area contributed by atoms with E-state index in [1.54, 1.807) is 0 Å². The quantitative estimate of drug-likeness (QED) is 0.318. The summed E-state index contributed by atoms with van der Waals surface area (Å²) in [6, 6.07) is 9.71. The Balaban J connectivity index is 2.33. The largest absolute Gasteiger partial charge is 0.396 e. The number of aromatic nitrogens is 3. The molecule has 0 unspecified atom stereocenters. The number of hydrogen-bond acceptors (Lipinski definition) is 7. The third-order valence-electron chi connectivity index (χ3n) is 4.83. The molecule has 2 aromatic heterocycles. The van der Waals surface area contributed by atoms with Crippen LogP contribution < -0.4 is 11.1 Å². The van der Waals surface area contributed by atoms with Crippen LogP contribution >= 0.6 is 0 Å². The van der Waals surface area contributed by atoms with E-state index in [0.29, 0.717) is 35.3 Å². The van der Waals surface area contributed by atoms with Crippen molar-refractivity contribution in [3.8, 4) is 17.2 Å². The Labute approximate surface area is 179 Å². The molecule has 3 rings (SSSR count). The van der Waals surface area contributed by atoms with Crippen molar-refractivity contribution in [3.05, 3.63) is 47.4 Å². The van der Waals surface area contributed by atoms with E-state index in [1.807, 2.05) is 41.8 Å². The van der Waals surface area contributed by atoms with Gasteiger partial charge in [-0.1, -0.05) is 29.8 Å². The molecule has 0 aliphatic rings. The fraction of sp³-hybridized carbons (Fsp3) is 0.273. The first kappa shape index (κ1) is 22.0. The van der Waals surface area contributed by atoms with E-state index in [2.05, 4.69) is 15.3 Å². The minimum atomic E-state index is -0.593. The van der Waals surface area contributed by atoms with Crippen LogP contribution in [0.3, 0.4) is 0 Å². The molecule has 0 bridgehead atoms. The smallest absolute Gasteiger partial charge is 0.262 e. The van der Waals surface area contributed by atoms with Gasteiger partial charge in [-0.3, -0.25) is 4.79 Å². The molecule has 160 valence electrons. The highest BCUT2D eigenvalue weighted by atomic mass is 16.3. The molecule has 0 saturated carbocycles. The number of anilines is 1. The van der Waals surface area contributed by atoms with Crippen molar-refractivity contribution in [1.29, 1.82) is 5.26 Å². The van der Waals surface area contributed by atoms with Gasteiger partial charge in [0.1, 0.15) is 29.4 Å². The number of benzene rings is 1. The zero-order valence-corrected chi connectivity index (χ0v) is 17.2. The van der Waals surface area contributed by atoms with Crippen LogP contribution in [-0.2, 0) is 11.3 Å². The second-order valence-corrected chi connectivity index (χ2v) is 6.96. The average molecular weight is 420 g/mol. The molecule has 0 saturated heterocycles. The summed E-state index contributed by atoms with van der Waals surface area (Å²) in [7, 11) is 0. The maximum absolute atomic E-state index is 12.4. The lowest BCUT2D eigenvalue weighted by molar-refractivity contribution is -0.117. The number of carbonyl (C=O) groups is 1. The molecule has 31 heavy (non-hydrogen) atoms. The Bertz CT molecular complexity index is 1160. The molecule has 3 aromatic rings. The third-order valence-corrected chi connectivity index (χ3v) is 4.83. The molecule has 9 heteroatoms. The van der Waals surface area contributed by atoms with Gasteiger partial charge >= 0.3 is 0 Å². The van der Waals surface area contributed by atoms with Crippen molar-refractivity contribution in [2.24, 2.45) is 0 Å². The predicted octanol–water partition coefficient (Wildman–Crippen LogP) is 1.39. The van der Waals surface area contributed by atoms with E-state index in [-0.39, 0.29) is 31.1 Å². The zero-order chi connectivity index (χ0) is 22.4. The van der Waals surface area contributed by atoms with Crippen molar-refractivity contribution in [2.75, 3.05) is 25.5 Å². The number of nitrogen functional groups attached to an aromatic ring is 1. The Morgan fingerprint density at radius 2 is 2.00 bits per heavy atom. The predicted molar refractivity (Wildman–Crippen MR) is 118 cm³/mol. The monoisotopic (exact) mass is 420 g/mol. The fourth-order valence-electron chi connectivity index (χ4n) is 3.38. The first-order chi connectivity index (χ1) is 15.0. The number of nitriles is 1. The highest BCUT2D eigenvalue weighted by molar-refractivity contribution is 6.08. The number of rotatable bonds is 8. The molecule has 0 spiro atoms. The van der Waals surface area contributed by atoms with E-state index in [1.165, 1.54) is 12.4 Å². The van der Waals surface area contributed by atoms with Gasteiger partial charge in [-0.2, -0.15) is 5.26 Å². The molecule has 0 aliphatic heterocycles. The summed E-state index contributed by atoms with van der Waals surface area (Å²) >= 11 is 0. The van der Waals surface area contributed by atoms with Crippen LogP contribution in [0.1, 0.15) is 17.7 Å². The molecule has 9 nitrogen and oxygen atoms in total. The standard InChI is InChI=1S/C22H24N6O3/c1-14-3-5-15(6-4-14)18-17(11-16(12-23)22(31)25-7-10-30)28(8-2-9-29)21-19(18)20(24)26-13-27-21/h3-6,11,13,29-30H,2,7-10H2,1H3,(H,25,31)(H2,24,26,27)/b16-11+. The topological polar surface area (TPSA) is 150 Å². The highest BCUT2D eigenvalue weighted by Crippen LogP contribution is 2.38. The molecular weight excluding hydrogens is 396 g/mol. The number of aliphatic hydroxyl groups excluding tert-OH is 2. The van der Waals surface area contributed by atoms with E-state index >= 15 is 0 Å². The number of fused-ring (bicyclic) bond motifs is 1. The molecule has 0 fully saturated rings. The van der Waals surface area contributed by atoms with Gasteiger partial charge in [-0.05, 0) is 25.0 Å². The van der Waals surface area contributed by atoms with Crippen molar-refractivity contribution in [2.45, 2.75) is 19.9 Å². The van der Waals surface area contributed by atoms with Gasteiger partial charge in [-0.25, -0.2) is 9.97 Å². The number of nitrogens with one attached hydrogen (secondary N) is 1. The van der Waals surface area contributed by atoms with Gasteiger partial charge in [0.2, 0.25) is 0 Å². The first-order valence-corrected chi connectivity index (χ1v) is 9.83. The van der Waals surface area contributed by atoms with Crippen molar-refractivity contribution >= 4 is 28.8 Å². The lowest BCUT2D eigenvalue weighted by Crippen LogP contribution is -2.27. The van der Waals surface area contributed by atoms with E-state index in [0.717, 1.165) is 11.1 Å². The summed E-state index contributed by atoms with van der Waals surface area (Å²) in [5.41, 5.74) is 9.82. The van der Waals surface area contributed by atoms with E-state index in [9.17, 15) is 15.2 Å². The highest BCUT2D eigenvalue weighted by Gasteiger charge is 2.22. The maximum Gasteiger partial charge on any atom is 0.262 e. The number of carbonyl (C=O) groups excluding carboxylic acids is 1. The second-order valence-electron chi connectivity index (χ2n) is 6.96. The van der Waals surface area contributed by atoms with E-state index in [4.69, 9.17) is 10.8 Å². The Kier molecular flexibility index (Phi) is 6.97. The van der Waals surface area contributed by atoms with Gasteiger partial charge in [0.25, 0.3) is 5.91 Å². The summed E-state index contributed by atoms with van der Waals surface area (Å²) in [6.07, 6.45) is 3.29. The Morgan fingerprint density at radius 1 is 1.26 bits per heavy atom. The van der Waals surface area contributed by atoms with E-state index < -0.39 is 5.91 Å². The normalized spacial score (nSPS) is 11.5. The molecule has 0 atom stereocenters. The van der Waals surface area contributed by atoms with Gasteiger partial charge in [0.15, 0.2) is 0 Å². The number of aliphatic hydroxyl groups is 2. The number of nitrogens with zero attached hydrogens (tertiary/aromatic N) is 4. The molecular formula is C22H24N6O3. The van der Waals surface area contributed by atoms with Crippen LogP contribution in [0.15, 0.2) is 36.2 Å².